The van der Waals surface area contributed by atoms with Gasteiger partial charge in [0.2, 0.25) is 0 Å². The molecule has 2 atom stereocenters. The number of aromatic nitrogens is 3. The van der Waals surface area contributed by atoms with Crippen LogP contribution in [0.5, 0.6) is 0 Å². The van der Waals surface area contributed by atoms with Gasteiger partial charge in [-0.1, -0.05) is 37.3 Å². The molecule has 186 valence electrons. The van der Waals surface area contributed by atoms with Gasteiger partial charge in [0, 0.05) is 19.2 Å². The standard InChI is InChI=1S/C23H21F6N5O/c1-2-13-3-6-15(7-4-13)17-9-19(23(27,28)29)34-20(33-17)16(12-32-34)21(35)31-11-14-5-8-18(30-10-14)22(24,25)26/h3-8,10,12,17,19,33H,2,9,11H2,1H3,(H,31,35). The van der Waals surface area contributed by atoms with Crippen molar-refractivity contribution in [2.45, 2.75) is 50.7 Å². The van der Waals surface area contributed by atoms with Crippen molar-refractivity contribution in [2.75, 3.05) is 5.32 Å². The van der Waals surface area contributed by atoms with Gasteiger partial charge in [0.15, 0.2) is 6.04 Å². The van der Waals surface area contributed by atoms with Crippen LogP contribution in [0.3, 0.4) is 0 Å². The first-order chi connectivity index (χ1) is 16.5. The van der Waals surface area contributed by atoms with Gasteiger partial charge >= 0.3 is 12.4 Å². The summed E-state index contributed by atoms with van der Waals surface area (Å²) in [4.78, 5) is 16.1. The number of benzene rings is 1. The lowest BCUT2D eigenvalue weighted by Gasteiger charge is -2.34. The number of carbonyl (C=O) groups excluding carboxylic acids is 1. The van der Waals surface area contributed by atoms with Crippen molar-refractivity contribution < 1.29 is 31.1 Å². The second-order valence-corrected chi connectivity index (χ2v) is 8.17. The fourth-order valence-corrected chi connectivity index (χ4v) is 3.91. The van der Waals surface area contributed by atoms with Gasteiger partial charge in [-0.2, -0.15) is 31.4 Å². The molecule has 1 aliphatic rings. The number of rotatable bonds is 5. The molecule has 1 aliphatic heterocycles. The smallest absolute Gasteiger partial charge is 0.363 e. The molecular weight excluding hydrogens is 476 g/mol. The molecule has 0 radical (unpaired) electrons. The van der Waals surface area contributed by atoms with Crippen LogP contribution in [-0.4, -0.2) is 26.8 Å². The predicted octanol–water partition coefficient (Wildman–Crippen LogP) is 5.45. The van der Waals surface area contributed by atoms with E-state index in [0.717, 1.165) is 41.2 Å². The Bertz CT molecular complexity index is 1190. The van der Waals surface area contributed by atoms with Crippen LogP contribution in [0.1, 0.15) is 58.2 Å². The molecule has 1 amide bonds. The van der Waals surface area contributed by atoms with Crippen LogP contribution < -0.4 is 10.6 Å². The van der Waals surface area contributed by atoms with Crippen LogP contribution in [0.2, 0.25) is 0 Å². The summed E-state index contributed by atoms with van der Waals surface area (Å²) < 4.78 is 80.3. The van der Waals surface area contributed by atoms with E-state index in [0.29, 0.717) is 11.1 Å². The summed E-state index contributed by atoms with van der Waals surface area (Å²) in [6, 6.07) is 6.51. The number of pyridine rings is 1. The highest BCUT2D eigenvalue weighted by Gasteiger charge is 2.47. The molecule has 3 heterocycles. The van der Waals surface area contributed by atoms with Crippen LogP contribution in [-0.2, 0) is 19.1 Å². The molecule has 0 saturated heterocycles. The predicted molar refractivity (Wildman–Crippen MR) is 115 cm³/mol. The van der Waals surface area contributed by atoms with Crippen LogP contribution in [0, 0.1) is 0 Å². The van der Waals surface area contributed by atoms with E-state index in [1.54, 1.807) is 12.1 Å². The van der Waals surface area contributed by atoms with Crippen molar-refractivity contribution in [3.05, 3.63) is 76.7 Å². The number of nitrogens with one attached hydrogen (secondary N) is 2. The van der Waals surface area contributed by atoms with Crippen molar-refractivity contribution in [3.8, 4) is 0 Å². The van der Waals surface area contributed by atoms with E-state index in [9.17, 15) is 31.1 Å². The Morgan fingerprint density at radius 3 is 2.31 bits per heavy atom. The summed E-state index contributed by atoms with van der Waals surface area (Å²) in [6.07, 6.45) is -6.68. The molecule has 0 aliphatic carbocycles. The number of anilines is 1. The van der Waals surface area contributed by atoms with Crippen molar-refractivity contribution in [3.63, 3.8) is 0 Å². The lowest BCUT2D eigenvalue weighted by molar-refractivity contribution is -0.173. The van der Waals surface area contributed by atoms with E-state index < -0.39 is 36.0 Å². The van der Waals surface area contributed by atoms with E-state index in [4.69, 9.17) is 0 Å². The molecule has 12 heteroatoms. The van der Waals surface area contributed by atoms with Gasteiger partial charge in [-0.25, -0.2) is 4.68 Å². The maximum atomic E-state index is 13.8. The molecule has 3 aromatic rings. The summed E-state index contributed by atoms with van der Waals surface area (Å²) in [6.45, 7) is 1.80. The normalized spacial score (nSPS) is 18.0. The number of aryl methyl sites for hydroxylation is 1. The highest BCUT2D eigenvalue weighted by atomic mass is 19.4. The minimum atomic E-state index is -4.59. The Morgan fingerprint density at radius 1 is 1.06 bits per heavy atom. The largest absolute Gasteiger partial charge is 0.433 e. The highest BCUT2D eigenvalue weighted by Crippen LogP contribution is 2.44. The fraction of sp³-hybridized carbons (Fsp3) is 0.348. The number of nitrogens with zero attached hydrogens (tertiary/aromatic N) is 3. The van der Waals surface area contributed by atoms with Crippen molar-refractivity contribution in [1.29, 1.82) is 0 Å². The lowest BCUT2D eigenvalue weighted by atomic mass is 9.95. The minimum absolute atomic E-state index is 0.0776. The van der Waals surface area contributed by atoms with Crippen LogP contribution in [0.25, 0.3) is 0 Å². The summed E-state index contributed by atoms with van der Waals surface area (Å²) in [5.74, 6) is -0.798. The Balaban J connectivity index is 1.55. The number of halogens is 6. The monoisotopic (exact) mass is 497 g/mol. The van der Waals surface area contributed by atoms with Gasteiger partial charge in [-0.15, -0.1) is 0 Å². The van der Waals surface area contributed by atoms with Crippen molar-refractivity contribution >= 4 is 11.7 Å². The molecule has 0 bridgehead atoms. The number of carbonyl (C=O) groups is 1. The zero-order chi connectivity index (χ0) is 25.4. The van der Waals surface area contributed by atoms with E-state index >= 15 is 0 Å². The molecule has 0 spiro atoms. The van der Waals surface area contributed by atoms with Crippen molar-refractivity contribution in [1.82, 2.24) is 20.1 Å². The average molecular weight is 497 g/mol. The van der Waals surface area contributed by atoms with Gasteiger partial charge in [0.25, 0.3) is 5.91 Å². The second kappa shape index (κ2) is 9.23. The SMILES string of the molecule is CCc1ccc(C2CC(C(F)(F)F)n3ncc(C(=O)NCc4ccc(C(F)(F)F)nc4)c3N2)cc1. The van der Waals surface area contributed by atoms with Crippen LogP contribution >= 0.6 is 0 Å². The molecule has 1 aromatic carbocycles. The molecule has 2 aromatic heterocycles. The van der Waals surface area contributed by atoms with E-state index in [2.05, 4.69) is 20.7 Å². The highest BCUT2D eigenvalue weighted by molar-refractivity contribution is 5.98. The maximum Gasteiger partial charge on any atom is 0.433 e. The molecule has 2 N–H and O–H groups in total. The lowest BCUT2D eigenvalue weighted by Crippen LogP contribution is -2.36. The third-order valence-electron chi connectivity index (χ3n) is 5.84. The van der Waals surface area contributed by atoms with Gasteiger partial charge < -0.3 is 10.6 Å². The Labute approximate surface area is 196 Å². The quantitative estimate of drug-likeness (QED) is 0.460. The number of hydrogen-bond acceptors (Lipinski definition) is 4. The summed E-state index contributed by atoms with van der Waals surface area (Å²) >= 11 is 0. The van der Waals surface area contributed by atoms with Gasteiger partial charge in [0.05, 0.1) is 12.2 Å². The molecular formula is C23H21F6N5O. The Hall–Kier alpha value is -3.57. The summed E-state index contributed by atoms with van der Waals surface area (Å²) in [7, 11) is 0. The minimum Gasteiger partial charge on any atom is -0.363 e. The third-order valence-corrected chi connectivity index (χ3v) is 5.84. The molecule has 2 unspecified atom stereocenters. The zero-order valence-electron chi connectivity index (χ0n) is 18.4. The molecule has 0 saturated carbocycles. The number of amides is 1. The zero-order valence-corrected chi connectivity index (χ0v) is 18.4. The molecule has 4 rings (SSSR count). The van der Waals surface area contributed by atoms with Gasteiger partial charge in [0.1, 0.15) is 17.1 Å². The average Bonchev–Trinajstić information content (AvgIpc) is 3.25. The molecule has 35 heavy (non-hydrogen) atoms. The Kier molecular flexibility index (Phi) is 6.48. The van der Waals surface area contributed by atoms with Gasteiger partial charge in [-0.3, -0.25) is 9.78 Å². The van der Waals surface area contributed by atoms with E-state index in [1.165, 1.54) is 0 Å². The fourth-order valence-electron chi connectivity index (χ4n) is 3.91. The van der Waals surface area contributed by atoms with E-state index in [1.807, 2.05) is 19.1 Å². The third kappa shape index (κ3) is 5.25. The number of hydrogen-bond donors (Lipinski definition) is 2. The van der Waals surface area contributed by atoms with E-state index in [-0.39, 0.29) is 24.3 Å². The first-order valence-corrected chi connectivity index (χ1v) is 10.8. The summed E-state index contributed by atoms with van der Waals surface area (Å²) in [5.41, 5.74) is 0.806. The topological polar surface area (TPSA) is 71.8 Å². The Morgan fingerprint density at radius 2 is 1.74 bits per heavy atom. The molecule has 0 fully saturated rings. The van der Waals surface area contributed by atoms with Gasteiger partial charge in [-0.05, 0) is 29.2 Å². The first-order valence-electron chi connectivity index (χ1n) is 10.8. The number of alkyl halides is 6. The molecule has 6 nitrogen and oxygen atoms in total. The number of fused-ring (bicyclic) bond motifs is 1. The maximum absolute atomic E-state index is 13.8. The van der Waals surface area contributed by atoms with Crippen LogP contribution in [0.15, 0.2) is 48.8 Å². The van der Waals surface area contributed by atoms with Crippen LogP contribution in [0.4, 0.5) is 32.2 Å². The second-order valence-electron chi connectivity index (χ2n) is 8.17. The first kappa shape index (κ1) is 24.6. The summed E-state index contributed by atoms with van der Waals surface area (Å²) in [5, 5.41) is 9.32. The van der Waals surface area contributed by atoms with Crippen molar-refractivity contribution in [2.24, 2.45) is 0 Å².